The van der Waals surface area contributed by atoms with Crippen LogP contribution in [-0.2, 0) is 0 Å². The van der Waals surface area contributed by atoms with Crippen LogP contribution in [0.2, 0.25) is 0 Å². The van der Waals surface area contributed by atoms with E-state index in [-0.39, 0.29) is 6.04 Å². The van der Waals surface area contributed by atoms with Gasteiger partial charge in [0.25, 0.3) is 0 Å². The van der Waals surface area contributed by atoms with Crippen LogP contribution in [0.4, 0.5) is 0 Å². The molecule has 0 bridgehead atoms. The Morgan fingerprint density at radius 1 is 1.36 bits per heavy atom. The quantitative estimate of drug-likeness (QED) is 0.784. The van der Waals surface area contributed by atoms with Crippen LogP contribution in [0.15, 0.2) is 23.6 Å². The second kappa shape index (κ2) is 3.19. The van der Waals surface area contributed by atoms with Gasteiger partial charge in [-0.3, -0.25) is 0 Å². The average molecular weight is 221 g/mol. The zero-order chi connectivity index (χ0) is 9.54. The average Bonchev–Trinajstić information content (AvgIpc) is 2.75. The lowest BCUT2D eigenvalue weighted by atomic mass is 10.2. The molecule has 3 heteroatoms. The number of fused-ring (bicyclic) bond motifs is 1. The molecule has 1 unspecified atom stereocenters. The van der Waals surface area contributed by atoms with Crippen LogP contribution in [0.3, 0.4) is 0 Å². The lowest BCUT2D eigenvalue weighted by Crippen LogP contribution is -2.11. The molecule has 14 heavy (non-hydrogen) atoms. The Kier molecular flexibility index (Phi) is 1.97. The monoisotopic (exact) mass is 221 g/mol. The van der Waals surface area contributed by atoms with Gasteiger partial charge in [0, 0.05) is 20.3 Å². The molecule has 0 aliphatic heterocycles. The Hall–Kier alpha value is -0.640. The van der Waals surface area contributed by atoms with Crippen LogP contribution >= 0.6 is 22.7 Å². The van der Waals surface area contributed by atoms with Crippen LogP contribution in [0, 0.1) is 0 Å². The summed E-state index contributed by atoms with van der Waals surface area (Å²) in [6, 6.07) is 4.78. The van der Waals surface area contributed by atoms with E-state index in [4.69, 9.17) is 5.73 Å². The first kappa shape index (κ1) is 8.65. The summed E-state index contributed by atoms with van der Waals surface area (Å²) < 4.78 is 2.82. The fraction of sp³-hybridized carbons (Fsp3) is 0.273. The van der Waals surface area contributed by atoms with Gasteiger partial charge in [-0.1, -0.05) is 6.08 Å². The number of hydrogen-bond donors (Lipinski definition) is 1. The van der Waals surface area contributed by atoms with Gasteiger partial charge in [0.2, 0.25) is 0 Å². The van der Waals surface area contributed by atoms with Crippen molar-refractivity contribution < 1.29 is 0 Å². The zero-order valence-electron chi connectivity index (χ0n) is 7.69. The third kappa shape index (κ3) is 1.32. The first-order valence-electron chi connectivity index (χ1n) is 4.76. The second-order valence-corrected chi connectivity index (χ2v) is 5.69. The zero-order valence-corrected chi connectivity index (χ0v) is 9.33. The van der Waals surface area contributed by atoms with Crippen LogP contribution in [0.5, 0.6) is 0 Å². The molecule has 2 aromatic rings. The predicted molar refractivity (Wildman–Crippen MR) is 64.9 cm³/mol. The van der Waals surface area contributed by atoms with E-state index in [9.17, 15) is 0 Å². The van der Waals surface area contributed by atoms with Crippen molar-refractivity contribution in [1.82, 2.24) is 0 Å². The van der Waals surface area contributed by atoms with E-state index in [0.29, 0.717) is 0 Å². The molecule has 1 aliphatic carbocycles. The molecule has 2 heterocycles. The highest BCUT2D eigenvalue weighted by Gasteiger charge is 2.15. The van der Waals surface area contributed by atoms with E-state index in [2.05, 4.69) is 23.6 Å². The molecule has 0 fully saturated rings. The standard InChI is InChI=1S/C11H11NS2/c12-8-2-1-7(5-8)10-6-11-9(14-10)3-4-13-11/h3-6,8H,1-2,12H2. The molecule has 0 saturated carbocycles. The maximum absolute atomic E-state index is 5.86. The lowest BCUT2D eigenvalue weighted by molar-refractivity contribution is 0.783. The Bertz CT molecular complexity index is 464. The Morgan fingerprint density at radius 3 is 3.00 bits per heavy atom. The minimum atomic E-state index is 0.283. The van der Waals surface area contributed by atoms with Gasteiger partial charge in [-0.05, 0) is 35.9 Å². The Morgan fingerprint density at radius 2 is 2.29 bits per heavy atom. The molecular formula is C11H11NS2. The predicted octanol–water partition coefficient (Wildman–Crippen LogP) is 3.47. The molecule has 0 spiro atoms. The summed E-state index contributed by atoms with van der Waals surface area (Å²) in [5.41, 5.74) is 7.31. The van der Waals surface area contributed by atoms with Crippen molar-refractivity contribution in [3.8, 4) is 0 Å². The molecule has 0 radical (unpaired) electrons. The SMILES string of the molecule is NC1C=C(c2cc3sccc3s2)CC1. The fourth-order valence-electron chi connectivity index (χ4n) is 1.88. The van der Waals surface area contributed by atoms with E-state index in [1.165, 1.54) is 19.9 Å². The van der Waals surface area contributed by atoms with Crippen molar-refractivity contribution in [2.75, 3.05) is 0 Å². The molecule has 0 saturated heterocycles. The summed E-state index contributed by atoms with van der Waals surface area (Å²) in [5.74, 6) is 0. The molecule has 3 rings (SSSR count). The fourth-order valence-corrected chi connectivity index (χ4v) is 4.04. The number of hydrogen-bond acceptors (Lipinski definition) is 3. The van der Waals surface area contributed by atoms with E-state index in [0.717, 1.165) is 12.8 Å². The molecule has 2 N–H and O–H groups in total. The Labute approximate surface area is 90.9 Å². The highest BCUT2D eigenvalue weighted by molar-refractivity contribution is 7.27. The number of rotatable bonds is 1. The van der Waals surface area contributed by atoms with Crippen molar-refractivity contribution >= 4 is 37.6 Å². The van der Waals surface area contributed by atoms with E-state index in [1.54, 1.807) is 0 Å². The summed E-state index contributed by atoms with van der Waals surface area (Å²) in [6.45, 7) is 0. The highest BCUT2D eigenvalue weighted by Crippen LogP contribution is 2.37. The van der Waals surface area contributed by atoms with Gasteiger partial charge in [0.15, 0.2) is 0 Å². The highest BCUT2D eigenvalue weighted by atomic mass is 32.1. The number of nitrogens with two attached hydrogens (primary N) is 1. The topological polar surface area (TPSA) is 26.0 Å². The lowest BCUT2D eigenvalue weighted by Gasteiger charge is -1.93. The van der Waals surface area contributed by atoms with Gasteiger partial charge >= 0.3 is 0 Å². The van der Waals surface area contributed by atoms with Crippen molar-refractivity contribution in [1.29, 1.82) is 0 Å². The van der Waals surface area contributed by atoms with Crippen LogP contribution < -0.4 is 5.73 Å². The normalized spacial score (nSPS) is 21.8. The van der Waals surface area contributed by atoms with E-state index in [1.807, 2.05) is 22.7 Å². The first-order valence-corrected chi connectivity index (χ1v) is 6.46. The van der Waals surface area contributed by atoms with Crippen LogP contribution in [0.25, 0.3) is 15.0 Å². The molecule has 2 aromatic heterocycles. The summed E-state index contributed by atoms with van der Waals surface area (Å²) >= 11 is 3.71. The third-order valence-corrected chi connectivity index (χ3v) is 4.79. The van der Waals surface area contributed by atoms with Gasteiger partial charge in [-0.2, -0.15) is 0 Å². The van der Waals surface area contributed by atoms with Crippen LogP contribution in [0.1, 0.15) is 17.7 Å². The Balaban J connectivity index is 2.06. The van der Waals surface area contributed by atoms with Gasteiger partial charge < -0.3 is 5.73 Å². The van der Waals surface area contributed by atoms with Gasteiger partial charge in [0.1, 0.15) is 0 Å². The van der Waals surface area contributed by atoms with Crippen LogP contribution in [-0.4, -0.2) is 6.04 Å². The molecule has 72 valence electrons. The molecule has 0 aromatic carbocycles. The minimum absolute atomic E-state index is 0.283. The van der Waals surface area contributed by atoms with Crippen molar-refractivity contribution in [3.63, 3.8) is 0 Å². The smallest absolute Gasteiger partial charge is 0.0457 e. The summed E-state index contributed by atoms with van der Waals surface area (Å²) in [6.07, 6.45) is 4.48. The van der Waals surface area contributed by atoms with Gasteiger partial charge in [-0.25, -0.2) is 0 Å². The molecule has 1 nitrogen and oxygen atoms in total. The van der Waals surface area contributed by atoms with E-state index < -0.39 is 0 Å². The van der Waals surface area contributed by atoms with Crippen molar-refractivity contribution in [2.45, 2.75) is 18.9 Å². The minimum Gasteiger partial charge on any atom is -0.324 e. The maximum Gasteiger partial charge on any atom is 0.0457 e. The number of allylic oxidation sites excluding steroid dienone is 1. The van der Waals surface area contributed by atoms with Crippen molar-refractivity contribution in [2.24, 2.45) is 5.73 Å². The number of thiophene rings is 2. The third-order valence-electron chi connectivity index (χ3n) is 2.62. The van der Waals surface area contributed by atoms with Gasteiger partial charge in [0.05, 0.1) is 0 Å². The summed E-state index contributed by atoms with van der Waals surface area (Å²) in [5, 5.41) is 2.15. The molecule has 1 atom stereocenters. The molecule has 0 amide bonds. The van der Waals surface area contributed by atoms with Crippen molar-refractivity contribution in [3.05, 3.63) is 28.5 Å². The maximum atomic E-state index is 5.86. The molecule has 1 aliphatic rings. The first-order chi connectivity index (χ1) is 6.83. The van der Waals surface area contributed by atoms with Gasteiger partial charge in [-0.15, -0.1) is 22.7 Å². The summed E-state index contributed by atoms with van der Waals surface area (Å²) in [7, 11) is 0. The summed E-state index contributed by atoms with van der Waals surface area (Å²) in [4.78, 5) is 1.42. The largest absolute Gasteiger partial charge is 0.324 e. The second-order valence-electron chi connectivity index (χ2n) is 3.65. The van der Waals surface area contributed by atoms with E-state index >= 15 is 0 Å². The molecular weight excluding hydrogens is 210 g/mol.